The smallest absolute Gasteiger partial charge is 0.306 e. The van der Waals surface area contributed by atoms with Gasteiger partial charge in [-0.2, -0.15) is 0 Å². The number of hydrogen-bond acceptors (Lipinski definition) is 5. The van der Waals surface area contributed by atoms with Gasteiger partial charge in [-0.15, -0.1) is 0 Å². The Hall–Kier alpha value is -3.67. The Morgan fingerprint density at radius 2 is 1.73 bits per heavy atom. The SMILES string of the molecule is CC(C)CCC[C@@H](C)[C@H]1CC[C@H]2[C@@H]3CC=C4C[C@@H](OC(=O)CCCCCOc5ccc(C=Nc6ccc7c(ccc(=O)n7C)c6)cc5)CC[C@]4(C)[C@H]3CC[C@]12C. The molecule has 8 atom stereocenters. The first kappa shape index (κ1) is 40.5. The summed E-state index contributed by atoms with van der Waals surface area (Å²) in [5, 5.41) is 0.981. The first-order valence-corrected chi connectivity index (χ1v) is 22.2. The van der Waals surface area contributed by atoms with E-state index in [0.717, 1.165) is 102 Å². The second-order valence-electron chi connectivity index (χ2n) is 19.1. The minimum absolute atomic E-state index is 0.0201. The third kappa shape index (κ3) is 8.75. The maximum atomic E-state index is 12.9. The number of pyridine rings is 1. The number of ether oxygens (including phenoxy) is 2. The molecule has 2 aromatic carbocycles. The molecule has 4 aliphatic carbocycles. The van der Waals surface area contributed by atoms with E-state index in [0.29, 0.717) is 18.4 Å². The number of hydrogen-bond donors (Lipinski definition) is 0. The number of fused-ring (bicyclic) bond motifs is 6. The molecule has 0 spiro atoms. The molecule has 7 rings (SSSR count). The van der Waals surface area contributed by atoms with Crippen LogP contribution in [0.2, 0.25) is 0 Å². The van der Waals surface area contributed by atoms with Crippen molar-refractivity contribution in [3.63, 3.8) is 0 Å². The highest BCUT2D eigenvalue weighted by Gasteiger charge is 2.59. The summed E-state index contributed by atoms with van der Waals surface area (Å²) in [5.74, 6) is 5.87. The summed E-state index contributed by atoms with van der Waals surface area (Å²) in [5.41, 5.74) is 5.09. The Bertz CT molecular complexity index is 1940. The Balaban J connectivity index is 0.807. The number of allylic oxidation sites excluding steroid dienone is 1. The van der Waals surface area contributed by atoms with Crippen LogP contribution in [0.3, 0.4) is 0 Å². The number of aromatic nitrogens is 1. The lowest BCUT2D eigenvalue weighted by Gasteiger charge is -2.58. The maximum Gasteiger partial charge on any atom is 0.306 e. The number of rotatable bonds is 15. The second-order valence-corrected chi connectivity index (χ2v) is 19.1. The fraction of sp³-hybridized carbons (Fsp3) is 0.620. The van der Waals surface area contributed by atoms with E-state index in [4.69, 9.17) is 9.47 Å². The van der Waals surface area contributed by atoms with E-state index in [1.54, 1.807) is 23.3 Å². The molecule has 6 nitrogen and oxygen atoms in total. The van der Waals surface area contributed by atoms with Crippen LogP contribution in [-0.4, -0.2) is 29.5 Å². The fourth-order valence-corrected chi connectivity index (χ4v) is 12.0. The summed E-state index contributed by atoms with van der Waals surface area (Å²) in [6.45, 7) is 13.2. The number of carbonyl (C=O) groups excluding carboxylic acids is 1. The van der Waals surface area contributed by atoms with Crippen molar-refractivity contribution < 1.29 is 14.3 Å². The monoisotopic (exact) mass is 761 g/mol. The highest BCUT2D eigenvalue weighted by molar-refractivity contribution is 5.86. The average molecular weight is 761 g/mol. The van der Waals surface area contributed by atoms with Crippen LogP contribution in [0.5, 0.6) is 5.75 Å². The lowest BCUT2D eigenvalue weighted by Crippen LogP contribution is -2.51. The van der Waals surface area contributed by atoms with E-state index in [2.05, 4.69) is 45.7 Å². The summed E-state index contributed by atoms with van der Waals surface area (Å²) in [7, 11) is 1.78. The minimum atomic E-state index is -0.0340. The summed E-state index contributed by atoms with van der Waals surface area (Å²) in [4.78, 5) is 29.5. The van der Waals surface area contributed by atoms with Gasteiger partial charge in [0.25, 0.3) is 5.56 Å². The zero-order valence-corrected chi connectivity index (χ0v) is 35.2. The summed E-state index contributed by atoms with van der Waals surface area (Å²) >= 11 is 0. The molecule has 4 aliphatic rings. The van der Waals surface area contributed by atoms with E-state index < -0.39 is 0 Å². The normalized spacial score (nSPS) is 29.1. The molecule has 0 radical (unpaired) electrons. The van der Waals surface area contributed by atoms with Crippen LogP contribution in [-0.2, 0) is 16.6 Å². The Labute approximate surface area is 336 Å². The first-order chi connectivity index (χ1) is 26.9. The topological polar surface area (TPSA) is 69.9 Å². The molecular formula is C50H68N2O4. The van der Waals surface area contributed by atoms with Gasteiger partial charge in [-0.05, 0) is 165 Å². The lowest BCUT2D eigenvalue weighted by molar-refractivity contribution is -0.151. The fourth-order valence-electron chi connectivity index (χ4n) is 12.0. The van der Waals surface area contributed by atoms with Gasteiger partial charge in [0.1, 0.15) is 11.9 Å². The summed E-state index contributed by atoms with van der Waals surface area (Å²) in [6.07, 6.45) is 21.8. The molecular weight excluding hydrogens is 693 g/mol. The predicted molar refractivity (Wildman–Crippen MR) is 230 cm³/mol. The standard InChI is InChI=1S/C50H68N2O4/c1-34(2)11-10-12-35(3)43-22-23-44-42-21-17-38-32-41(26-28-49(38,4)45(42)27-29-50(43,44)5)56-48(54)13-8-7-9-30-55-40-19-14-36(15-20-40)33-51-39-18-24-46-37(31-39)16-25-47(53)52(46)6/h14-20,24-25,31,33-35,41-45H,7-13,21-23,26-30,32H2,1-6H3/t35-,41+,42+,43-,44+,45+,49+,50-/m1/s1. The molecule has 0 bridgehead atoms. The van der Waals surface area contributed by atoms with Crippen molar-refractivity contribution in [1.82, 2.24) is 4.57 Å². The second kappa shape index (κ2) is 17.4. The average Bonchev–Trinajstić information content (AvgIpc) is 3.54. The highest BCUT2D eigenvalue weighted by atomic mass is 16.5. The van der Waals surface area contributed by atoms with Gasteiger partial charge in [0.05, 0.1) is 17.8 Å². The zero-order valence-electron chi connectivity index (χ0n) is 35.2. The molecule has 0 amide bonds. The Morgan fingerprint density at radius 3 is 2.54 bits per heavy atom. The van der Waals surface area contributed by atoms with Crippen molar-refractivity contribution in [1.29, 1.82) is 0 Å². The van der Waals surface area contributed by atoms with Crippen molar-refractivity contribution in [3.8, 4) is 5.75 Å². The molecule has 1 heterocycles. The third-order valence-corrected chi connectivity index (χ3v) is 15.2. The van der Waals surface area contributed by atoms with Crippen LogP contribution < -0.4 is 10.3 Å². The molecule has 1 aromatic heterocycles. The summed E-state index contributed by atoms with van der Waals surface area (Å²) < 4.78 is 13.8. The summed E-state index contributed by atoms with van der Waals surface area (Å²) in [6, 6.07) is 17.2. The van der Waals surface area contributed by atoms with Crippen LogP contribution >= 0.6 is 0 Å². The number of aliphatic imine (C=N–C) groups is 1. The van der Waals surface area contributed by atoms with Crippen LogP contribution in [0.1, 0.15) is 136 Å². The number of esters is 1. The van der Waals surface area contributed by atoms with E-state index in [-0.39, 0.29) is 23.0 Å². The predicted octanol–water partition coefficient (Wildman–Crippen LogP) is 12.2. The number of unbranched alkanes of at least 4 members (excludes halogenated alkanes) is 2. The van der Waals surface area contributed by atoms with Gasteiger partial charge in [0.2, 0.25) is 0 Å². The molecule has 302 valence electrons. The minimum Gasteiger partial charge on any atom is -0.494 e. The molecule has 3 fully saturated rings. The molecule has 6 heteroatoms. The number of aryl methyl sites for hydroxylation is 1. The van der Waals surface area contributed by atoms with Crippen LogP contribution in [0.4, 0.5) is 5.69 Å². The van der Waals surface area contributed by atoms with Crippen molar-refractivity contribution >= 4 is 28.8 Å². The van der Waals surface area contributed by atoms with Gasteiger partial charge >= 0.3 is 5.97 Å². The van der Waals surface area contributed by atoms with Crippen LogP contribution in [0.15, 0.2) is 76.0 Å². The molecule has 3 aromatic rings. The van der Waals surface area contributed by atoms with Gasteiger partial charge in [0, 0.05) is 37.6 Å². The van der Waals surface area contributed by atoms with Gasteiger partial charge in [-0.1, -0.05) is 65.5 Å². The molecule has 0 unspecified atom stereocenters. The molecule has 3 saturated carbocycles. The van der Waals surface area contributed by atoms with Gasteiger partial charge in [0.15, 0.2) is 0 Å². The molecule has 0 aliphatic heterocycles. The van der Waals surface area contributed by atoms with Gasteiger partial charge in [-0.25, -0.2) is 0 Å². The first-order valence-electron chi connectivity index (χ1n) is 22.2. The van der Waals surface area contributed by atoms with Gasteiger partial charge < -0.3 is 14.0 Å². The zero-order chi connectivity index (χ0) is 39.5. The number of carbonyl (C=O) groups is 1. The number of nitrogens with zero attached hydrogens (tertiary/aromatic N) is 2. The quantitative estimate of drug-likeness (QED) is 0.0669. The van der Waals surface area contributed by atoms with Crippen molar-refractivity contribution in [2.24, 2.45) is 58.4 Å². The third-order valence-electron chi connectivity index (χ3n) is 15.2. The van der Waals surface area contributed by atoms with Crippen LogP contribution in [0.25, 0.3) is 10.9 Å². The van der Waals surface area contributed by atoms with Crippen LogP contribution in [0, 0.1) is 46.3 Å². The van der Waals surface area contributed by atoms with E-state index >= 15 is 0 Å². The van der Waals surface area contributed by atoms with E-state index in [9.17, 15) is 9.59 Å². The lowest BCUT2D eigenvalue weighted by atomic mass is 9.47. The molecule has 0 N–H and O–H groups in total. The van der Waals surface area contributed by atoms with Gasteiger partial charge in [-0.3, -0.25) is 14.6 Å². The van der Waals surface area contributed by atoms with Crippen molar-refractivity contribution in [3.05, 3.63) is 82.2 Å². The largest absolute Gasteiger partial charge is 0.494 e. The highest BCUT2D eigenvalue weighted by Crippen LogP contribution is 2.67. The molecule has 56 heavy (non-hydrogen) atoms. The van der Waals surface area contributed by atoms with Crippen molar-refractivity contribution in [2.45, 2.75) is 137 Å². The maximum absolute atomic E-state index is 12.9. The Kier molecular flexibility index (Phi) is 12.6. The van der Waals surface area contributed by atoms with Crippen molar-refractivity contribution in [2.75, 3.05) is 6.61 Å². The Morgan fingerprint density at radius 1 is 0.911 bits per heavy atom. The van der Waals surface area contributed by atoms with E-state index in [1.165, 1.54) is 51.4 Å². The molecule has 0 saturated heterocycles. The van der Waals surface area contributed by atoms with E-state index in [1.807, 2.05) is 54.7 Å². The number of benzene rings is 2.